The number of amides is 1. The molecule has 0 radical (unpaired) electrons. The van der Waals surface area contributed by atoms with Crippen molar-refractivity contribution in [2.45, 2.75) is 46.1 Å². The van der Waals surface area contributed by atoms with Crippen molar-refractivity contribution in [3.8, 4) is 0 Å². The van der Waals surface area contributed by atoms with Crippen LogP contribution in [0.15, 0.2) is 4.52 Å². The van der Waals surface area contributed by atoms with Crippen LogP contribution in [-0.2, 0) is 4.79 Å². The Kier molecular flexibility index (Phi) is 4.49. The summed E-state index contributed by atoms with van der Waals surface area (Å²) in [4.78, 5) is 11.6. The lowest BCUT2D eigenvalue weighted by Crippen LogP contribution is -2.26. The highest BCUT2D eigenvalue weighted by Gasteiger charge is 2.13. The minimum atomic E-state index is -0.125. The summed E-state index contributed by atoms with van der Waals surface area (Å²) in [7, 11) is 0. The monoisotopic (exact) mass is 225 g/mol. The molecule has 5 nitrogen and oxygen atoms in total. The van der Waals surface area contributed by atoms with Gasteiger partial charge in [-0.1, -0.05) is 18.5 Å². The fraction of sp³-hybridized carbons (Fsp3) is 0.636. The standard InChI is InChI=1S/C11H19N3O2/c1-4-5-9(12)6-10(15)13-11-7(2)8(3)14-16-11/h9H,4-6,12H2,1-3H3,(H,13,15). The molecular weight excluding hydrogens is 206 g/mol. The second kappa shape index (κ2) is 5.65. The van der Waals surface area contributed by atoms with E-state index in [1.807, 2.05) is 20.8 Å². The normalized spacial score (nSPS) is 12.5. The fourth-order valence-corrected chi connectivity index (χ4v) is 1.42. The fourth-order valence-electron chi connectivity index (χ4n) is 1.42. The second-order valence-corrected chi connectivity index (χ2v) is 4.02. The number of aryl methyl sites for hydroxylation is 1. The lowest BCUT2D eigenvalue weighted by molar-refractivity contribution is -0.116. The molecule has 0 aliphatic rings. The highest BCUT2D eigenvalue weighted by molar-refractivity contribution is 5.90. The van der Waals surface area contributed by atoms with Crippen LogP contribution in [0.25, 0.3) is 0 Å². The molecule has 1 atom stereocenters. The average Bonchev–Trinajstić information content (AvgIpc) is 2.50. The summed E-state index contributed by atoms with van der Waals surface area (Å²) in [5.74, 6) is 0.298. The quantitative estimate of drug-likeness (QED) is 0.799. The zero-order chi connectivity index (χ0) is 12.1. The Balaban J connectivity index is 2.49. The largest absolute Gasteiger partial charge is 0.338 e. The molecule has 5 heteroatoms. The van der Waals surface area contributed by atoms with Gasteiger partial charge in [-0.15, -0.1) is 0 Å². The number of carbonyl (C=O) groups excluding carboxylic acids is 1. The van der Waals surface area contributed by atoms with Crippen LogP contribution in [0.1, 0.15) is 37.4 Å². The third kappa shape index (κ3) is 3.34. The van der Waals surface area contributed by atoms with E-state index in [1.54, 1.807) is 0 Å². The molecule has 0 bridgehead atoms. The van der Waals surface area contributed by atoms with E-state index < -0.39 is 0 Å². The van der Waals surface area contributed by atoms with Gasteiger partial charge < -0.3 is 10.3 Å². The van der Waals surface area contributed by atoms with Crippen molar-refractivity contribution in [1.29, 1.82) is 0 Å². The van der Waals surface area contributed by atoms with Gasteiger partial charge in [0.1, 0.15) is 0 Å². The molecule has 0 aromatic carbocycles. The maximum absolute atomic E-state index is 11.6. The number of hydrogen-bond donors (Lipinski definition) is 2. The topological polar surface area (TPSA) is 81.2 Å². The first-order valence-corrected chi connectivity index (χ1v) is 5.52. The number of nitrogens with one attached hydrogen (secondary N) is 1. The molecule has 0 fully saturated rings. The Hall–Kier alpha value is -1.36. The third-order valence-corrected chi connectivity index (χ3v) is 2.52. The lowest BCUT2D eigenvalue weighted by Gasteiger charge is -2.09. The molecule has 0 saturated carbocycles. The molecule has 1 rings (SSSR count). The predicted molar refractivity (Wildman–Crippen MR) is 62.1 cm³/mol. The van der Waals surface area contributed by atoms with Gasteiger partial charge in [-0.25, -0.2) is 0 Å². The smallest absolute Gasteiger partial charge is 0.234 e. The summed E-state index contributed by atoms with van der Waals surface area (Å²) in [6.07, 6.45) is 2.14. The van der Waals surface area contributed by atoms with Crippen molar-refractivity contribution in [2.24, 2.45) is 5.73 Å². The summed E-state index contributed by atoms with van der Waals surface area (Å²) in [5.41, 5.74) is 7.42. The highest BCUT2D eigenvalue weighted by Crippen LogP contribution is 2.17. The van der Waals surface area contributed by atoms with Gasteiger partial charge in [0.25, 0.3) is 0 Å². The van der Waals surface area contributed by atoms with Crippen LogP contribution in [0.4, 0.5) is 5.88 Å². The molecule has 1 unspecified atom stereocenters. The van der Waals surface area contributed by atoms with Gasteiger partial charge in [0.15, 0.2) is 0 Å². The van der Waals surface area contributed by atoms with Crippen LogP contribution < -0.4 is 11.1 Å². The van der Waals surface area contributed by atoms with Crippen molar-refractivity contribution >= 4 is 11.8 Å². The van der Waals surface area contributed by atoms with Crippen molar-refractivity contribution in [2.75, 3.05) is 5.32 Å². The number of carbonyl (C=O) groups is 1. The van der Waals surface area contributed by atoms with E-state index in [4.69, 9.17) is 10.3 Å². The third-order valence-electron chi connectivity index (χ3n) is 2.52. The molecule has 90 valence electrons. The van der Waals surface area contributed by atoms with Crippen LogP contribution >= 0.6 is 0 Å². The van der Waals surface area contributed by atoms with E-state index in [0.717, 1.165) is 24.1 Å². The number of rotatable bonds is 5. The molecule has 1 aromatic heterocycles. The minimum absolute atomic E-state index is 0.0886. The van der Waals surface area contributed by atoms with Gasteiger partial charge in [-0.2, -0.15) is 0 Å². The van der Waals surface area contributed by atoms with Crippen LogP contribution in [0, 0.1) is 13.8 Å². The van der Waals surface area contributed by atoms with E-state index in [1.165, 1.54) is 0 Å². The van der Waals surface area contributed by atoms with Gasteiger partial charge in [-0.3, -0.25) is 10.1 Å². The first-order chi connectivity index (χ1) is 7.54. The molecule has 16 heavy (non-hydrogen) atoms. The maximum atomic E-state index is 11.6. The van der Waals surface area contributed by atoms with E-state index in [2.05, 4.69) is 10.5 Å². The number of hydrogen-bond acceptors (Lipinski definition) is 4. The molecule has 0 spiro atoms. The van der Waals surface area contributed by atoms with Crippen molar-refractivity contribution in [3.63, 3.8) is 0 Å². The van der Waals surface area contributed by atoms with Gasteiger partial charge in [0.05, 0.1) is 5.69 Å². The SMILES string of the molecule is CCCC(N)CC(=O)Nc1onc(C)c1C. The van der Waals surface area contributed by atoms with Gasteiger partial charge in [-0.05, 0) is 20.3 Å². The summed E-state index contributed by atoms with van der Waals surface area (Å²) in [6, 6.07) is -0.0886. The second-order valence-electron chi connectivity index (χ2n) is 4.02. The molecule has 0 aliphatic carbocycles. The van der Waals surface area contributed by atoms with Crippen molar-refractivity contribution < 1.29 is 9.32 Å². The summed E-state index contributed by atoms with van der Waals surface area (Å²) >= 11 is 0. The lowest BCUT2D eigenvalue weighted by atomic mass is 10.1. The molecular formula is C11H19N3O2. The number of nitrogens with zero attached hydrogens (tertiary/aromatic N) is 1. The Morgan fingerprint density at radius 2 is 2.25 bits per heavy atom. The van der Waals surface area contributed by atoms with E-state index in [-0.39, 0.29) is 11.9 Å². The highest BCUT2D eigenvalue weighted by atomic mass is 16.5. The first-order valence-electron chi connectivity index (χ1n) is 5.52. The Morgan fingerprint density at radius 3 is 2.75 bits per heavy atom. The van der Waals surface area contributed by atoms with Crippen molar-refractivity contribution in [3.05, 3.63) is 11.3 Å². The van der Waals surface area contributed by atoms with Gasteiger partial charge >= 0.3 is 0 Å². The van der Waals surface area contributed by atoms with E-state index in [0.29, 0.717) is 12.3 Å². The predicted octanol–water partition coefficient (Wildman–Crippen LogP) is 1.75. The van der Waals surface area contributed by atoms with Gasteiger partial charge in [0.2, 0.25) is 11.8 Å². The maximum Gasteiger partial charge on any atom is 0.234 e. The zero-order valence-corrected chi connectivity index (χ0v) is 10.0. The zero-order valence-electron chi connectivity index (χ0n) is 10.0. The summed E-state index contributed by atoms with van der Waals surface area (Å²) < 4.78 is 4.98. The number of anilines is 1. The molecule has 1 aromatic rings. The molecule has 3 N–H and O–H groups in total. The molecule has 1 heterocycles. The summed E-state index contributed by atoms with van der Waals surface area (Å²) in [6.45, 7) is 5.73. The first kappa shape index (κ1) is 12.7. The van der Waals surface area contributed by atoms with Crippen LogP contribution in [0.5, 0.6) is 0 Å². The molecule has 0 saturated heterocycles. The summed E-state index contributed by atoms with van der Waals surface area (Å²) in [5, 5.41) is 6.44. The Labute approximate surface area is 95.4 Å². The number of nitrogens with two attached hydrogens (primary N) is 1. The Bertz CT molecular complexity index is 360. The molecule has 1 amide bonds. The van der Waals surface area contributed by atoms with Crippen LogP contribution in [0.2, 0.25) is 0 Å². The van der Waals surface area contributed by atoms with Gasteiger partial charge in [0, 0.05) is 18.0 Å². The van der Waals surface area contributed by atoms with Crippen molar-refractivity contribution in [1.82, 2.24) is 5.16 Å². The average molecular weight is 225 g/mol. The number of aromatic nitrogens is 1. The van der Waals surface area contributed by atoms with Crippen LogP contribution in [0.3, 0.4) is 0 Å². The molecule has 0 aliphatic heterocycles. The Morgan fingerprint density at radius 1 is 1.56 bits per heavy atom. The van der Waals surface area contributed by atoms with E-state index in [9.17, 15) is 4.79 Å². The van der Waals surface area contributed by atoms with E-state index >= 15 is 0 Å². The van der Waals surface area contributed by atoms with Crippen LogP contribution in [-0.4, -0.2) is 17.1 Å². The minimum Gasteiger partial charge on any atom is -0.338 e.